The highest BCUT2D eigenvalue weighted by Gasteiger charge is 2.10. The standard InChI is InChI=1S/C14H14N4O/c1-9-3-6-13-16-17-14(18(13)8-9)10-4-5-11(15)12(7-10)19-2/h3-8H,15H2,1-2H3. The van der Waals surface area contributed by atoms with Gasteiger partial charge in [0.05, 0.1) is 12.8 Å². The van der Waals surface area contributed by atoms with Crippen LogP contribution in [0, 0.1) is 6.92 Å². The van der Waals surface area contributed by atoms with E-state index >= 15 is 0 Å². The number of hydrogen-bond donors (Lipinski definition) is 1. The van der Waals surface area contributed by atoms with Crippen LogP contribution in [-0.2, 0) is 0 Å². The van der Waals surface area contributed by atoms with Gasteiger partial charge in [-0.25, -0.2) is 0 Å². The van der Waals surface area contributed by atoms with Gasteiger partial charge in [0.15, 0.2) is 11.5 Å². The Morgan fingerprint density at radius 3 is 2.79 bits per heavy atom. The van der Waals surface area contributed by atoms with E-state index in [4.69, 9.17) is 10.5 Å². The molecule has 5 heteroatoms. The molecule has 5 nitrogen and oxygen atoms in total. The van der Waals surface area contributed by atoms with Crippen LogP contribution in [-0.4, -0.2) is 21.7 Å². The van der Waals surface area contributed by atoms with Crippen molar-refractivity contribution in [3.8, 4) is 17.1 Å². The largest absolute Gasteiger partial charge is 0.495 e. The van der Waals surface area contributed by atoms with Gasteiger partial charge >= 0.3 is 0 Å². The zero-order chi connectivity index (χ0) is 13.4. The van der Waals surface area contributed by atoms with Crippen LogP contribution in [0.1, 0.15) is 5.56 Å². The Kier molecular flexibility index (Phi) is 2.59. The molecule has 3 rings (SSSR count). The van der Waals surface area contributed by atoms with Crippen molar-refractivity contribution in [2.24, 2.45) is 0 Å². The molecule has 0 spiro atoms. The number of pyridine rings is 1. The van der Waals surface area contributed by atoms with Crippen molar-refractivity contribution in [1.82, 2.24) is 14.6 Å². The normalized spacial score (nSPS) is 10.8. The van der Waals surface area contributed by atoms with Gasteiger partial charge in [0.2, 0.25) is 0 Å². The van der Waals surface area contributed by atoms with Crippen LogP contribution in [0.4, 0.5) is 5.69 Å². The number of hydrogen-bond acceptors (Lipinski definition) is 4. The number of fused-ring (bicyclic) bond motifs is 1. The van der Waals surface area contributed by atoms with Gasteiger partial charge in [-0.3, -0.25) is 4.40 Å². The lowest BCUT2D eigenvalue weighted by Gasteiger charge is -2.06. The molecule has 19 heavy (non-hydrogen) atoms. The number of aromatic nitrogens is 3. The topological polar surface area (TPSA) is 65.4 Å². The molecule has 1 aromatic carbocycles. The molecule has 3 aromatic rings. The molecule has 0 fully saturated rings. The molecule has 2 heterocycles. The lowest BCUT2D eigenvalue weighted by atomic mass is 10.1. The molecule has 96 valence electrons. The summed E-state index contributed by atoms with van der Waals surface area (Å²) in [7, 11) is 1.60. The van der Waals surface area contributed by atoms with Crippen LogP contribution in [0.3, 0.4) is 0 Å². The summed E-state index contributed by atoms with van der Waals surface area (Å²) >= 11 is 0. The Hall–Kier alpha value is -2.56. The van der Waals surface area contributed by atoms with E-state index in [1.54, 1.807) is 7.11 Å². The van der Waals surface area contributed by atoms with Crippen molar-refractivity contribution in [2.45, 2.75) is 6.92 Å². The lowest BCUT2D eigenvalue weighted by molar-refractivity contribution is 0.417. The Morgan fingerprint density at radius 2 is 2.00 bits per heavy atom. The first-order valence-electron chi connectivity index (χ1n) is 5.94. The fourth-order valence-corrected chi connectivity index (χ4v) is 2.04. The van der Waals surface area contributed by atoms with E-state index in [1.807, 2.05) is 47.9 Å². The molecule has 0 unspecified atom stereocenters. The van der Waals surface area contributed by atoms with E-state index in [0.29, 0.717) is 11.4 Å². The van der Waals surface area contributed by atoms with E-state index in [9.17, 15) is 0 Å². The van der Waals surface area contributed by atoms with Crippen LogP contribution >= 0.6 is 0 Å². The van der Waals surface area contributed by atoms with Gasteiger partial charge in [-0.2, -0.15) is 0 Å². The van der Waals surface area contributed by atoms with Crippen molar-refractivity contribution < 1.29 is 4.74 Å². The fourth-order valence-electron chi connectivity index (χ4n) is 2.04. The third kappa shape index (κ3) is 1.89. The average Bonchev–Trinajstić information content (AvgIpc) is 2.82. The molecular formula is C14H14N4O. The van der Waals surface area contributed by atoms with E-state index in [0.717, 1.165) is 22.6 Å². The van der Waals surface area contributed by atoms with E-state index in [-0.39, 0.29) is 0 Å². The minimum absolute atomic E-state index is 0.608. The van der Waals surface area contributed by atoms with Crippen LogP contribution in [0.25, 0.3) is 17.0 Å². The summed E-state index contributed by atoms with van der Waals surface area (Å²) < 4.78 is 7.20. The van der Waals surface area contributed by atoms with Crippen molar-refractivity contribution in [3.63, 3.8) is 0 Å². The zero-order valence-corrected chi connectivity index (χ0v) is 10.8. The summed E-state index contributed by atoms with van der Waals surface area (Å²) in [5, 5.41) is 8.38. The number of rotatable bonds is 2. The number of anilines is 1. The maximum atomic E-state index is 5.82. The Morgan fingerprint density at radius 1 is 1.16 bits per heavy atom. The van der Waals surface area contributed by atoms with Crippen LogP contribution in [0.5, 0.6) is 5.75 Å². The maximum absolute atomic E-state index is 5.82. The number of methoxy groups -OCH3 is 1. The second-order valence-corrected chi connectivity index (χ2v) is 4.41. The summed E-state index contributed by atoms with van der Waals surface area (Å²) in [5.41, 5.74) is 9.32. The Bertz CT molecular complexity index is 748. The predicted molar refractivity (Wildman–Crippen MR) is 74.1 cm³/mol. The second kappa shape index (κ2) is 4.28. The van der Waals surface area contributed by atoms with Crippen molar-refractivity contribution in [2.75, 3.05) is 12.8 Å². The van der Waals surface area contributed by atoms with E-state index < -0.39 is 0 Å². The van der Waals surface area contributed by atoms with Crippen molar-refractivity contribution in [1.29, 1.82) is 0 Å². The number of nitrogen functional groups attached to an aromatic ring is 1. The smallest absolute Gasteiger partial charge is 0.168 e. The number of benzene rings is 1. The first kappa shape index (κ1) is 11.5. The minimum atomic E-state index is 0.608. The fraction of sp³-hybridized carbons (Fsp3) is 0.143. The molecule has 0 aliphatic carbocycles. The molecule has 0 bridgehead atoms. The summed E-state index contributed by atoms with van der Waals surface area (Å²) in [6.45, 7) is 2.03. The quantitative estimate of drug-likeness (QED) is 0.713. The summed E-state index contributed by atoms with van der Waals surface area (Å²) in [4.78, 5) is 0. The molecule has 0 amide bonds. The highest BCUT2D eigenvalue weighted by Crippen LogP contribution is 2.28. The number of ether oxygens (including phenoxy) is 1. The van der Waals surface area contributed by atoms with Crippen molar-refractivity contribution >= 4 is 11.3 Å². The molecular weight excluding hydrogens is 240 g/mol. The van der Waals surface area contributed by atoms with Gasteiger partial charge < -0.3 is 10.5 Å². The zero-order valence-electron chi connectivity index (χ0n) is 10.8. The Balaban J connectivity index is 2.21. The molecule has 0 radical (unpaired) electrons. The lowest BCUT2D eigenvalue weighted by Crippen LogP contribution is -1.95. The highest BCUT2D eigenvalue weighted by atomic mass is 16.5. The molecule has 0 saturated carbocycles. The van der Waals surface area contributed by atoms with Crippen molar-refractivity contribution in [3.05, 3.63) is 42.1 Å². The second-order valence-electron chi connectivity index (χ2n) is 4.41. The molecule has 0 aliphatic heterocycles. The van der Waals surface area contributed by atoms with Crippen LogP contribution in [0.2, 0.25) is 0 Å². The third-order valence-electron chi connectivity index (χ3n) is 3.04. The number of nitrogens with zero attached hydrogens (tertiary/aromatic N) is 3. The molecule has 0 saturated heterocycles. The van der Waals surface area contributed by atoms with Gasteiger partial charge in [0.25, 0.3) is 0 Å². The predicted octanol–water partition coefficient (Wildman–Crippen LogP) is 2.30. The number of aryl methyl sites for hydroxylation is 1. The van der Waals surface area contributed by atoms with Crippen LogP contribution in [0.15, 0.2) is 36.5 Å². The summed E-state index contributed by atoms with van der Waals surface area (Å²) in [5.74, 6) is 1.42. The summed E-state index contributed by atoms with van der Waals surface area (Å²) in [6, 6.07) is 9.55. The van der Waals surface area contributed by atoms with Gasteiger partial charge in [-0.05, 0) is 36.8 Å². The minimum Gasteiger partial charge on any atom is -0.495 e. The molecule has 2 N–H and O–H groups in total. The first-order chi connectivity index (χ1) is 9.19. The highest BCUT2D eigenvalue weighted by molar-refractivity contribution is 5.67. The van der Waals surface area contributed by atoms with Crippen LogP contribution < -0.4 is 10.5 Å². The van der Waals surface area contributed by atoms with Gasteiger partial charge in [0.1, 0.15) is 5.75 Å². The number of nitrogens with two attached hydrogens (primary N) is 1. The van der Waals surface area contributed by atoms with E-state index in [2.05, 4.69) is 10.2 Å². The first-order valence-corrected chi connectivity index (χ1v) is 5.94. The maximum Gasteiger partial charge on any atom is 0.168 e. The SMILES string of the molecule is COc1cc(-c2nnc3ccc(C)cn23)ccc1N. The van der Waals surface area contributed by atoms with E-state index in [1.165, 1.54) is 0 Å². The monoisotopic (exact) mass is 254 g/mol. The van der Waals surface area contributed by atoms with Gasteiger partial charge in [0, 0.05) is 11.8 Å². The average molecular weight is 254 g/mol. The Labute approximate surface area is 110 Å². The third-order valence-corrected chi connectivity index (χ3v) is 3.04. The molecule has 0 aliphatic rings. The summed E-state index contributed by atoms with van der Waals surface area (Å²) in [6.07, 6.45) is 2.01. The van der Waals surface area contributed by atoms with Gasteiger partial charge in [-0.1, -0.05) is 6.07 Å². The molecule has 2 aromatic heterocycles. The van der Waals surface area contributed by atoms with Gasteiger partial charge in [-0.15, -0.1) is 10.2 Å². The molecule has 0 atom stereocenters.